The molecular formula is C34H49N3O3. The van der Waals surface area contributed by atoms with E-state index >= 15 is 0 Å². The molecule has 0 saturated heterocycles. The normalized spacial score (nSPS) is 30.7. The van der Waals surface area contributed by atoms with E-state index in [4.69, 9.17) is 9.47 Å². The highest BCUT2D eigenvalue weighted by atomic mass is 16.5. The molecular weight excluding hydrogens is 498 g/mol. The molecule has 3 aliphatic heterocycles. The zero-order chi connectivity index (χ0) is 28.6. The maximum Gasteiger partial charge on any atom is 0.254 e. The molecule has 2 aliphatic carbocycles. The Kier molecular flexibility index (Phi) is 6.89. The second-order valence-electron chi connectivity index (χ2n) is 14.0. The van der Waals surface area contributed by atoms with Gasteiger partial charge in [0.05, 0.1) is 12.2 Å². The fourth-order valence-electron chi connectivity index (χ4n) is 8.56. The van der Waals surface area contributed by atoms with Gasteiger partial charge in [0.1, 0.15) is 11.4 Å². The number of ether oxygens (including phenoxy) is 2. The lowest BCUT2D eigenvalue weighted by atomic mass is 9.73. The molecule has 6 rings (SSSR count). The van der Waals surface area contributed by atoms with E-state index in [0.29, 0.717) is 25.1 Å². The van der Waals surface area contributed by atoms with Gasteiger partial charge >= 0.3 is 0 Å². The number of carbonyl (C=O) groups is 1. The Morgan fingerprint density at radius 3 is 2.45 bits per heavy atom. The summed E-state index contributed by atoms with van der Waals surface area (Å²) in [6.07, 6.45) is 10.2. The molecule has 3 heterocycles. The molecule has 2 saturated carbocycles. The van der Waals surface area contributed by atoms with E-state index in [1.807, 2.05) is 0 Å². The predicted molar refractivity (Wildman–Crippen MR) is 160 cm³/mol. The summed E-state index contributed by atoms with van der Waals surface area (Å²) in [4.78, 5) is 18.9. The van der Waals surface area contributed by atoms with Crippen molar-refractivity contribution in [2.75, 3.05) is 34.3 Å². The second-order valence-corrected chi connectivity index (χ2v) is 14.0. The standard InChI is InChI=1S/C34H49N3O3/c1-20-15-21(2)35-23(4)27(20)17-37-19-34(13-14-34)30-28(18-39-8)26-16-33(5,24-9-11-25(12-10-24)36(6)7)40-31(26)22(3)29(30)32(37)38/h15,23-25,35H,9-14,16-19H2,1-8H3/t23?,24?,25?,33-/m1/s1. The van der Waals surface area contributed by atoms with Crippen molar-refractivity contribution in [2.24, 2.45) is 5.92 Å². The zero-order valence-corrected chi connectivity index (χ0v) is 26.0. The van der Waals surface area contributed by atoms with Gasteiger partial charge in [0.2, 0.25) is 0 Å². The molecule has 0 radical (unpaired) electrons. The van der Waals surface area contributed by atoms with Crippen LogP contribution in [0.5, 0.6) is 5.75 Å². The van der Waals surface area contributed by atoms with E-state index in [2.05, 4.69) is 69.9 Å². The SMILES string of the molecule is COCc1c2c(c(C)c3c1C1(CC1)CN(CC1=C(C)C=C(C)NC1C)C3=O)O[C@@](C)(C1CCC(N(C)C)CC1)C2. The minimum Gasteiger partial charge on any atom is -0.486 e. The average Bonchev–Trinajstić information content (AvgIpc) is 3.57. The summed E-state index contributed by atoms with van der Waals surface area (Å²) >= 11 is 0. The number of rotatable bonds is 6. The van der Waals surface area contributed by atoms with Crippen molar-refractivity contribution in [1.82, 2.24) is 15.1 Å². The number of carbonyl (C=O) groups excluding carboxylic acids is 1. The van der Waals surface area contributed by atoms with Crippen LogP contribution < -0.4 is 10.1 Å². The summed E-state index contributed by atoms with van der Waals surface area (Å²) in [6.45, 7) is 13.0. The van der Waals surface area contributed by atoms with Crippen LogP contribution in [0.2, 0.25) is 0 Å². The fraction of sp³-hybridized carbons (Fsp3) is 0.676. The molecule has 5 aliphatic rings. The van der Waals surface area contributed by atoms with E-state index < -0.39 is 0 Å². The van der Waals surface area contributed by atoms with Crippen LogP contribution in [-0.4, -0.2) is 67.7 Å². The van der Waals surface area contributed by atoms with E-state index in [0.717, 1.165) is 42.7 Å². The van der Waals surface area contributed by atoms with E-state index in [9.17, 15) is 4.79 Å². The quantitative estimate of drug-likeness (QED) is 0.499. The van der Waals surface area contributed by atoms with Crippen LogP contribution in [0.1, 0.15) is 98.8 Å². The van der Waals surface area contributed by atoms with Gasteiger partial charge in [0, 0.05) is 60.9 Å². The van der Waals surface area contributed by atoms with Crippen molar-refractivity contribution in [1.29, 1.82) is 0 Å². The van der Waals surface area contributed by atoms with Gasteiger partial charge in [0.15, 0.2) is 0 Å². The topological polar surface area (TPSA) is 54.0 Å². The molecule has 6 nitrogen and oxygen atoms in total. The summed E-state index contributed by atoms with van der Waals surface area (Å²) in [5.41, 5.74) is 9.39. The minimum atomic E-state index is -0.231. The molecule has 2 fully saturated rings. The highest BCUT2D eigenvalue weighted by molar-refractivity contribution is 6.01. The molecule has 0 bridgehead atoms. The van der Waals surface area contributed by atoms with Gasteiger partial charge in [-0.25, -0.2) is 0 Å². The molecule has 1 spiro atoms. The Morgan fingerprint density at radius 1 is 1.15 bits per heavy atom. The first-order valence-electron chi connectivity index (χ1n) is 15.4. The lowest BCUT2D eigenvalue weighted by molar-refractivity contribution is 0.0157. The summed E-state index contributed by atoms with van der Waals surface area (Å²) in [5.74, 6) is 1.65. The summed E-state index contributed by atoms with van der Waals surface area (Å²) in [5, 5.41) is 3.57. The number of benzene rings is 1. The van der Waals surface area contributed by atoms with Crippen molar-refractivity contribution >= 4 is 5.91 Å². The number of nitrogens with zero attached hydrogens (tertiary/aromatic N) is 2. The van der Waals surface area contributed by atoms with E-state index in [-0.39, 0.29) is 23.0 Å². The highest BCUT2D eigenvalue weighted by Crippen LogP contribution is 2.58. The third-order valence-corrected chi connectivity index (χ3v) is 11.0. The number of allylic oxidation sites excluding steroid dienone is 3. The van der Waals surface area contributed by atoms with Crippen LogP contribution in [-0.2, 0) is 23.2 Å². The average molecular weight is 548 g/mol. The number of hydrogen-bond donors (Lipinski definition) is 1. The van der Waals surface area contributed by atoms with Crippen molar-refractivity contribution in [3.63, 3.8) is 0 Å². The summed E-state index contributed by atoms with van der Waals surface area (Å²) < 4.78 is 12.9. The molecule has 218 valence electrons. The van der Waals surface area contributed by atoms with Gasteiger partial charge < -0.3 is 24.6 Å². The first kappa shape index (κ1) is 27.8. The molecule has 1 amide bonds. The Morgan fingerprint density at radius 2 is 1.85 bits per heavy atom. The molecule has 6 heteroatoms. The third kappa shape index (κ3) is 4.41. The van der Waals surface area contributed by atoms with E-state index in [1.54, 1.807) is 7.11 Å². The van der Waals surface area contributed by atoms with Crippen LogP contribution in [0.3, 0.4) is 0 Å². The van der Waals surface area contributed by atoms with Crippen molar-refractivity contribution in [2.45, 2.75) is 109 Å². The van der Waals surface area contributed by atoms with Crippen molar-refractivity contribution in [3.8, 4) is 5.75 Å². The smallest absolute Gasteiger partial charge is 0.254 e. The molecule has 0 aromatic heterocycles. The second kappa shape index (κ2) is 9.90. The van der Waals surface area contributed by atoms with E-state index in [1.165, 1.54) is 59.2 Å². The van der Waals surface area contributed by atoms with Gasteiger partial charge in [0.25, 0.3) is 5.91 Å². The number of dihydropyridines is 1. The molecule has 1 aromatic carbocycles. The van der Waals surface area contributed by atoms with Crippen LogP contribution in [0, 0.1) is 12.8 Å². The van der Waals surface area contributed by atoms with Crippen LogP contribution in [0.25, 0.3) is 0 Å². The lowest BCUT2D eigenvalue weighted by Gasteiger charge is -2.40. The third-order valence-electron chi connectivity index (χ3n) is 11.0. The van der Waals surface area contributed by atoms with Crippen LogP contribution in [0.4, 0.5) is 0 Å². The Labute approximate surface area is 241 Å². The number of hydrogen-bond acceptors (Lipinski definition) is 5. The number of fused-ring (bicyclic) bond motifs is 3. The van der Waals surface area contributed by atoms with Gasteiger partial charge in [-0.1, -0.05) is 0 Å². The van der Waals surface area contributed by atoms with Crippen molar-refractivity contribution in [3.05, 3.63) is 50.7 Å². The Bertz CT molecular complexity index is 1280. The minimum absolute atomic E-state index is 0.0468. The molecule has 1 N–H and O–H groups in total. The molecule has 40 heavy (non-hydrogen) atoms. The fourth-order valence-corrected chi connectivity index (χ4v) is 8.56. The Hall–Kier alpha value is -2.31. The van der Waals surface area contributed by atoms with Gasteiger partial charge in [-0.2, -0.15) is 0 Å². The van der Waals surface area contributed by atoms with Gasteiger partial charge in [-0.15, -0.1) is 0 Å². The maximum absolute atomic E-state index is 14.4. The highest BCUT2D eigenvalue weighted by Gasteiger charge is 2.56. The molecule has 1 aromatic rings. The number of amides is 1. The van der Waals surface area contributed by atoms with Crippen LogP contribution >= 0.6 is 0 Å². The van der Waals surface area contributed by atoms with Gasteiger partial charge in [-0.3, -0.25) is 4.79 Å². The summed E-state index contributed by atoms with van der Waals surface area (Å²) in [7, 11) is 6.19. The number of methoxy groups -OCH3 is 1. The maximum atomic E-state index is 14.4. The van der Waals surface area contributed by atoms with Crippen LogP contribution in [0.15, 0.2) is 22.9 Å². The first-order valence-corrected chi connectivity index (χ1v) is 15.4. The van der Waals surface area contributed by atoms with Crippen molar-refractivity contribution < 1.29 is 14.3 Å². The van der Waals surface area contributed by atoms with Gasteiger partial charge in [-0.05, 0) is 122 Å². The largest absolute Gasteiger partial charge is 0.486 e. The first-order chi connectivity index (χ1) is 19.0. The monoisotopic (exact) mass is 547 g/mol. The molecule has 2 atom stereocenters. The number of nitrogens with one attached hydrogen (secondary N) is 1. The summed E-state index contributed by atoms with van der Waals surface area (Å²) in [6, 6.07) is 0.895. The molecule has 1 unspecified atom stereocenters. The Balaban J connectivity index is 1.37. The zero-order valence-electron chi connectivity index (χ0n) is 26.0. The lowest BCUT2D eigenvalue weighted by Crippen LogP contribution is -2.47. The predicted octanol–water partition coefficient (Wildman–Crippen LogP) is 5.65.